The van der Waals surface area contributed by atoms with E-state index in [1.165, 1.54) is 12.5 Å². The maximum Gasteiger partial charge on any atom is 0.274 e. The Bertz CT molecular complexity index is 1090. The van der Waals surface area contributed by atoms with Crippen LogP contribution in [0.15, 0.2) is 42.9 Å². The van der Waals surface area contributed by atoms with Crippen LogP contribution < -0.4 is 15.4 Å². The zero-order valence-electron chi connectivity index (χ0n) is 16.2. The minimum atomic E-state index is -0.988. The van der Waals surface area contributed by atoms with Crippen LogP contribution in [-0.4, -0.2) is 40.6 Å². The first-order valence-corrected chi connectivity index (χ1v) is 9.58. The van der Waals surface area contributed by atoms with Crippen molar-refractivity contribution in [3.8, 4) is 17.1 Å². The summed E-state index contributed by atoms with van der Waals surface area (Å²) in [6, 6.07) is 5.16. The fourth-order valence-corrected chi connectivity index (χ4v) is 3.23. The highest BCUT2D eigenvalue weighted by Gasteiger charge is 2.21. The van der Waals surface area contributed by atoms with Crippen molar-refractivity contribution in [1.29, 1.82) is 0 Å². The van der Waals surface area contributed by atoms with E-state index in [0.29, 0.717) is 12.5 Å². The second kappa shape index (κ2) is 9.09. The molecule has 7 nitrogen and oxygen atoms in total. The van der Waals surface area contributed by atoms with E-state index in [2.05, 4.69) is 25.6 Å². The summed E-state index contributed by atoms with van der Waals surface area (Å²) < 4.78 is 48.1. The molecule has 0 radical (unpaired) electrons. The summed E-state index contributed by atoms with van der Waals surface area (Å²) in [6.07, 6.45) is 3.61. The van der Waals surface area contributed by atoms with Crippen molar-refractivity contribution >= 4 is 11.6 Å². The van der Waals surface area contributed by atoms with Crippen molar-refractivity contribution < 1.29 is 22.7 Å². The van der Waals surface area contributed by atoms with Crippen molar-refractivity contribution in [2.24, 2.45) is 5.92 Å². The lowest BCUT2D eigenvalue weighted by Crippen LogP contribution is -2.18. The number of hydrogen-bond donors (Lipinski definition) is 2. The summed E-state index contributed by atoms with van der Waals surface area (Å²) in [5.74, 6) is -3.17. The third-order valence-electron chi connectivity index (χ3n) is 4.82. The van der Waals surface area contributed by atoms with Crippen LogP contribution in [0.5, 0.6) is 5.88 Å². The van der Waals surface area contributed by atoms with Gasteiger partial charge in [-0.25, -0.2) is 23.1 Å². The Morgan fingerprint density at radius 3 is 2.71 bits per heavy atom. The Balaban J connectivity index is 1.56. The van der Waals surface area contributed by atoms with Crippen molar-refractivity contribution in [3.05, 3.63) is 66.0 Å². The number of ether oxygens (including phenoxy) is 1. The number of amides is 1. The summed E-state index contributed by atoms with van der Waals surface area (Å²) in [5.41, 5.74) is -1.29. The fourth-order valence-electron chi connectivity index (χ4n) is 3.23. The van der Waals surface area contributed by atoms with E-state index in [-0.39, 0.29) is 17.3 Å². The first-order chi connectivity index (χ1) is 15.0. The number of hydrogen-bond acceptors (Lipinski definition) is 6. The van der Waals surface area contributed by atoms with Crippen LogP contribution in [0.1, 0.15) is 16.9 Å². The zero-order valence-corrected chi connectivity index (χ0v) is 16.2. The minimum Gasteiger partial charge on any atom is -0.476 e. The molecule has 0 aliphatic carbocycles. The van der Waals surface area contributed by atoms with Crippen molar-refractivity contribution in [2.45, 2.75) is 6.42 Å². The minimum absolute atomic E-state index is 0.178. The van der Waals surface area contributed by atoms with Crippen molar-refractivity contribution in [1.82, 2.24) is 20.3 Å². The molecule has 3 aromatic rings. The van der Waals surface area contributed by atoms with Crippen LogP contribution in [0.3, 0.4) is 0 Å². The number of carbonyl (C=O) groups is 1. The van der Waals surface area contributed by atoms with Gasteiger partial charge in [0.15, 0.2) is 0 Å². The molecule has 31 heavy (non-hydrogen) atoms. The van der Waals surface area contributed by atoms with E-state index in [4.69, 9.17) is 4.74 Å². The number of halogens is 3. The largest absolute Gasteiger partial charge is 0.476 e. The first kappa shape index (κ1) is 20.7. The molecule has 160 valence electrons. The van der Waals surface area contributed by atoms with Crippen LogP contribution in [0.2, 0.25) is 0 Å². The van der Waals surface area contributed by atoms with Gasteiger partial charge >= 0.3 is 0 Å². The topological polar surface area (TPSA) is 89.0 Å². The zero-order chi connectivity index (χ0) is 21.8. The van der Waals surface area contributed by atoms with Crippen LogP contribution >= 0.6 is 0 Å². The van der Waals surface area contributed by atoms with E-state index in [9.17, 15) is 18.0 Å². The van der Waals surface area contributed by atoms with E-state index >= 15 is 0 Å². The molecule has 1 aliphatic rings. The molecule has 1 fully saturated rings. The lowest BCUT2D eigenvalue weighted by molar-refractivity contribution is 0.102. The molecule has 2 aromatic heterocycles. The number of benzene rings is 1. The van der Waals surface area contributed by atoms with E-state index in [0.717, 1.165) is 49.8 Å². The summed E-state index contributed by atoms with van der Waals surface area (Å²) in [7, 11) is 0. The summed E-state index contributed by atoms with van der Waals surface area (Å²) in [6.45, 7) is 2.17. The molecule has 0 bridgehead atoms. The monoisotopic (exact) mass is 429 g/mol. The van der Waals surface area contributed by atoms with Gasteiger partial charge in [-0.3, -0.25) is 4.79 Å². The Hall–Kier alpha value is -3.53. The molecule has 1 unspecified atom stereocenters. The van der Waals surface area contributed by atoms with Gasteiger partial charge in [0.25, 0.3) is 5.91 Å². The van der Waals surface area contributed by atoms with Crippen LogP contribution in [0.25, 0.3) is 11.3 Å². The summed E-state index contributed by atoms with van der Waals surface area (Å²) in [5, 5.41) is 5.79. The molecular weight excluding hydrogens is 411 g/mol. The highest BCUT2D eigenvalue weighted by molar-refractivity contribution is 6.03. The maximum atomic E-state index is 14.2. The van der Waals surface area contributed by atoms with Gasteiger partial charge in [0.1, 0.15) is 40.9 Å². The molecular formula is C21H18F3N5O2. The van der Waals surface area contributed by atoms with Crippen LogP contribution in [-0.2, 0) is 0 Å². The molecule has 1 saturated heterocycles. The Morgan fingerprint density at radius 2 is 1.97 bits per heavy atom. The van der Waals surface area contributed by atoms with Gasteiger partial charge in [-0.1, -0.05) is 6.07 Å². The van der Waals surface area contributed by atoms with E-state index in [1.807, 2.05) is 0 Å². The molecule has 1 aromatic carbocycles. The fraction of sp³-hybridized carbons (Fsp3) is 0.238. The predicted molar refractivity (Wildman–Crippen MR) is 106 cm³/mol. The second-order valence-corrected chi connectivity index (χ2v) is 6.99. The standard InChI is InChI=1S/C21H18F3N5O2/c22-13-2-1-3-14(23)18(13)19-15(24)4-5-16(28-19)20(30)29-17-9-26-11-27-21(17)31-10-12-6-7-25-8-12/h1-5,9,11-12,25H,6-8,10H2,(H,29,30). The lowest BCUT2D eigenvalue weighted by Gasteiger charge is -2.13. The van der Waals surface area contributed by atoms with Gasteiger partial charge in [0.05, 0.1) is 18.4 Å². The second-order valence-electron chi connectivity index (χ2n) is 6.99. The van der Waals surface area contributed by atoms with Crippen LogP contribution in [0, 0.1) is 23.4 Å². The average Bonchev–Trinajstić information content (AvgIpc) is 3.28. The van der Waals surface area contributed by atoms with Gasteiger partial charge in [0, 0.05) is 12.5 Å². The summed E-state index contributed by atoms with van der Waals surface area (Å²) in [4.78, 5) is 24.4. The number of pyridine rings is 1. The molecule has 3 heterocycles. The Morgan fingerprint density at radius 1 is 1.16 bits per heavy atom. The number of carbonyl (C=O) groups excluding carboxylic acids is 1. The van der Waals surface area contributed by atoms with Gasteiger partial charge < -0.3 is 15.4 Å². The van der Waals surface area contributed by atoms with E-state index in [1.54, 1.807) is 0 Å². The predicted octanol–water partition coefficient (Wildman–Crippen LogP) is 3.20. The van der Waals surface area contributed by atoms with E-state index < -0.39 is 34.6 Å². The molecule has 1 amide bonds. The number of nitrogens with one attached hydrogen (secondary N) is 2. The number of rotatable bonds is 6. The number of anilines is 1. The van der Waals surface area contributed by atoms with Crippen molar-refractivity contribution in [3.63, 3.8) is 0 Å². The molecule has 10 heteroatoms. The lowest BCUT2D eigenvalue weighted by atomic mass is 10.1. The highest BCUT2D eigenvalue weighted by Crippen LogP contribution is 2.27. The Labute approximate surface area is 175 Å². The third-order valence-corrected chi connectivity index (χ3v) is 4.82. The summed E-state index contributed by atoms with van der Waals surface area (Å²) >= 11 is 0. The third kappa shape index (κ3) is 4.64. The van der Waals surface area contributed by atoms with Gasteiger partial charge in [-0.05, 0) is 37.2 Å². The van der Waals surface area contributed by atoms with Crippen LogP contribution in [0.4, 0.5) is 18.9 Å². The molecule has 4 rings (SSSR count). The quantitative estimate of drug-likeness (QED) is 0.626. The van der Waals surface area contributed by atoms with Gasteiger partial charge in [-0.2, -0.15) is 4.98 Å². The highest BCUT2D eigenvalue weighted by atomic mass is 19.1. The molecule has 1 atom stereocenters. The normalized spacial score (nSPS) is 15.6. The smallest absolute Gasteiger partial charge is 0.274 e. The number of aromatic nitrogens is 3. The van der Waals surface area contributed by atoms with Gasteiger partial charge in [0.2, 0.25) is 5.88 Å². The van der Waals surface area contributed by atoms with Crippen molar-refractivity contribution in [2.75, 3.05) is 25.0 Å². The first-order valence-electron chi connectivity index (χ1n) is 9.58. The van der Waals surface area contributed by atoms with Gasteiger partial charge in [-0.15, -0.1) is 0 Å². The molecule has 0 spiro atoms. The Kier molecular flexibility index (Phi) is 6.08. The SMILES string of the molecule is O=C(Nc1cncnc1OCC1CCNC1)c1ccc(F)c(-c2c(F)cccc2F)n1. The molecule has 0 saturated carbocycles. The number of nitrogens with zero attached hydrogens (tertiary/aromatic N) is 3. The molecule has 2 N–H and O–H groups in total. The maximum absolute atomic E-state index is 14.2. The average molecular weight is 429 g/mol. The molecule has 1 aliphatic heterocycles.